The maximum Gasteiger partial charge on any atom is 0.317 e. The topological polar surface area (TPSA) is 69.6 Å². The Morgan fingerprint density at radius 1 is 1.25 bits per heavy atom. The lowest BCUT2D eigenvalue weighted by Gasteiger charge is -2.38. The second kappa shape index (κ2) is 7.50. The Bertz CT molecular complexity index is 336. The molecule has 0 radical (unpaired) electrons. The van der Waals surface area contributed by atoms with E-state index in [1.807, 2.05) is 0 Å². The fraction of sp³-hybridized carbons (Fsp3) is 0.867. The summed E-state index contributed by atoms with van der Waals surface area (Å²) in [5.74, 6) is -0.287. The van der Waals surface area contributed by atoms with Crippen LogP contribution in [-0.4, -0.2) is 41.1 Å². The van der Waals surface area contributed by atoms with Crippen molar-refractivity contribution in [3.05, 3.63) is 0 Å². The molecule has 1 aliphatic carbocycles. The Morgan fingerprint density at radius 2 is 1.85 bits per heavy atom. The molecule has 1 saturated carbocycles. The van der Waals surface area contributed by atoms with Gasteiger partial charge in [0, 0.05) is 13.6 Å². The standard InChI is InChI=1S/C15H28N2O3/c1-12(2)7-10-17(3)14(20)16-15(11-13(18)19)8-5-4-6-9-15/h12H,4-11H2,1-3H3,(H,16,20)(H,18,19). The van der Waals surface area contributed by atoms with Gasteiger partial charge in [0.25, 0.3) is 0 Å². The second-order valence-electron chi connectivity index (χ2n) is 6.45. The van der Waals surface area contributed by atoms with Crippen LogP contribution in [0, 0.1) is 5.92 Å². The predicted octanol–water partition coefficient (Wildman–Crippen LogP) is 2.85. The summed E-state index contributed by atoms with van der Waals surface area (Å²) in [6, 6.07) is -0.145. The highest BCUT2D eigenvalue weighted by Gasteiger charge is 2.36. The quantitative estimate of drug-likeness (QED) is 0.788. The lowest BCUT2D eigenvalue weighted by molar-refractivity contribution is -0.139. The van der Waals surface area contributed by atoms with E-state index in [0.29, 0.717) is 12.5 Å². The predicted molar refractivity (Wildman–Crippen MR) is 78.7 cm³/mol. The third-order valence-corrected chi connectivity index (χ3v) is 4.06. The summed E-state index contributed by atoms with van der Waals surface area (Å²) >= 11 is 0. The summed E-state index contributed by atoms with van der Waals surface area (Å²) in [6.07, 6.45) is 5.62. The van der Waals surface area contributed by atoms with E-state index in [9.17, 15) is 9.59 Å². The molecule has 0 aromatic carbocycles. The van der Waals surface area contributed by atoms with E-state index in [1.165, 1.54) is 0 Å². The highest BCUT2D eigenvalue weighted by atomic mass is 16.4. The minimum absolute atomic E-state index is 0.0246. The Kier molecular flexibility index (Phi) is 6.30. The first kappa shape index (κ1) is 16.8. The van der Waals surface area contributed by atoms with E-state index in [-0.39, 0.29) is 12.5 Å². The van der Waals surface area contributed by atoms with Crippen LogP contribution in [0.5, 0.6) is 0 Å². The molecule has 0 aromatic rings. The number of carboxylic acids is 1. The molecule has 0 aromatic heterocycles. The zero-order valence-electron chi connectivity index (χ0n) is 12.9. The van der Waals surface area contributed by atoms with E-state index in [1.54, 1.807) is 11.9 Å². The molecule has 1 fully saturated rings. The van der Waals surface area contributed by atoms with Crippen LogP contribution in [0.15, 0.2) is 0 Å². The maximum atomic E-state index is 12.2. The largest absolute Gasteiger partial charge is 0.481 e. The van der Waals surface area contributed by atoms with Crippen LogP contribution in [0.2, 0.25) is 0 Å². The molecule has 0 unspecified atom stereocenters. The Hall–Kier alpha value is -1.26. The van der Waals surface area contributed by atoms with E-state index in [0.717, 1.165) is 38.5 Å². The first-order chi connectivity index (χ1) is 9.34. The fourth-order valence-electron chi connectivity index (χ4n) is 2.74. The Balaban J connectivity index is 2.59. The summed E-state index contributed by atoms with van der Waals surface area (Å²) in [7, 11) is 1.77. The van der Waals surface area contributed by atoms with Gasteiger partial charge in [0.15, 0.2) is 0 Å². The van der Waals surface area contributed by atoms with Crippen molar-refractivity contribution in [3.63, 3.8) is 0 Å². The molecule has 2 N–H and O–H groups in total. The number of hydrogen-bond acceptors (Lipinski definition) is 2. The smallest absolute Gasteiger partial charge is 0.317 e. The van der Waals surface area contributed by atoms with Crippen molar-refractivity contribution in [3.8, 4) is 0 Å². The fourth-order valence-corrected chi connectivity index (χ4v) is 2.74. The summed E-state index contributed by atoms with van der Waals surface area (Å²) in [4.78, 5) is 25.0. The van der Waals surface area contributed by atoms with Crippen molar-refractivity contribution in [1.29, 1.82) is 0 Å². The van der Waals surface area contributed by atoms with E-state index >= 15 is 0 Å². The first-order valence-corrected chi connectivity index (χ1v) is 7.60. The molecule has 0 atom stereocenters. The summed E-state index contributed by atoms with van der Waals surface area (Å²) in [5.41, 5.74) is -0.548. The molecule has 0 spiro atoms. The van der Waals surface area contributed by atoms with E-state index in [4.69, 9.17) is 5.11 Å². The Morgan fingerprint density at radius 3 is 2.35 bits per heavy atom. The zero-order chi connectivity index (χ0) is 15.2. The van der Waals surface area contributed by atoms with Gasteiger partial charge in [-0.1, -0.05) is 33.1 Å². The first-order valence-electron chi connectivity index (χ1n) is 7.60. The number of rotatable bonds is 6. The van der Waals surface area contributed by atoms with Crippen LogP contribution < -0.4 is 5.32 Å². The minimum atomic E-state index is -0.836. The van der Waals surface area contributed by atoms with Crippen molar-refractivity contribution in [2.24, 2.45) is 5.92 Å². The highest BCUT2D eigenvalue weighted by Crippen LogP contribution is 2.31. The highest BCUT2D eigenvalue weighted by molar-refractivity contribution is 5.76. The van der Waals surface area contributed by atoms with Gasteiger partial charge < -0.3 is 15.3 Å². The van der Waals surface area contributed by atoms with Gasteiger partial charge in [0.2, 0.25) is 0 Å². The molecule has 0 bridgehead atoms. The number of carbonyl (C=O) groups excluding carboxylic acids is 1. The molecule has 1 aliphatic rings. The van der Waals surface area contributed by atoms with Gasteiger partial charge in [-0.25, -0.2) is 4.79 Å². The number of amides is 2. The normalized spacial score (nSPS) is 17.8. The van der Waals surface area contributed by atoms with Gasteiger partial charge in [0.05, 0.1) is 12.0 Å². The van der Waals surface area contributed by atoms with Gasteiger partial charge in [-0.15, -0.1) is 0 Å². The van der Waals surface area contributed by atoms with Crippen LogP contribution in [0.3, 0.4) is 0 Å². The van der Waals surface area contributed by atoms with Crippen LogP contribution in [0.25, 0.3) is 0 Å². The van der Waals surface area contributed by atoms with Gasteiger partial charge >= 0.3 is 12.0 Å². The monoisotopic (exact) mass is 284 g/mol. The van der Waals surface area contributed by atoms with Crippen LogP contribution >= 0.6 is 0 Å². The molecule has 5 heteroatoms. The van der Waals surface area contributed by atoms with E-state index in [2.05, 4.69) is 19.2 Å². The summed E-state index contributed by atoms with van der Waals surface area (Å²) in [5, 5.41) is 12.1. The second-order valence-corrected chi connectivity index (χ2v) is 6.45. The number of aliphatic carboxylic acids is 1. The van der Waals surface area contributed by atoms with Crippen molar-refractivity contribution in [2.45, 2.75) is 64.3 Å². The molecule has 1 rings (SSSR count). The number of carbonyl (C=O) groups is 2. The van der Waals surface area contributed by atoms with Gasteiger partial charge in [0.1, 0.15) is 0 Å². The molecule has 0 saturated heterocycles. The number of nitrogens with one attached hydrogen (secondary N) is 1. The number of nitrogens with zero attached hydrogens (tertiary/aromatic N) is 1. The molecule has 2 amide bonds. The lowest BCUT2D eigenvalue weighted by Crippen LogP contribution is -2.54. The third kappa shape index (κ3) is 5.39. The van der Waals surface area contributed by atoms with Crippen molar-refractivity contribution >= 4 is 12.0 Å². The average molecular weight is 284 g/mol. The van der Waals surface area contributed by atoms with Crippen LogP contribution in [-0.2, 0) is 4.79 Å². The van der Waals surface area contributed by atoms with Crippen molar-refractivity contribution < 1.29 is 14.7 Å². The molecule has 0 aliphatic heterocycles. The lowest BCUT2D eigenvalue weighted by atomic mass is 9.79. The molecule has 0 heterocycles. The van der Waals surface area contributed by atoms with Crippen molar-refractivity contribution in [2.75, 3.05) is 13.6 Å². The Labute approximate surface area is 121 Å². The average Bonchev–Trinajstić information content (AvgIpc) is 2.35. The minimum Gasteiger partial charge on any atom is -0.481 e. The number of carboxylic acid groups (broad SMARTS) is 1. The summed E-state index contributed by atoms with van der Waals surface area (Å²) in [6.45, 7) is 4.95. The van der Waals surface area contributed by atoms with E-state index < -0.39 is 11.5 Å². The number of hydrogen-bond donors (Lipinski definition) is 2. The van der Waals surface area contributed by atoms with Crippen LogP contribution in [0.4, 0.5) is 4.79 Å². The zero-order valence-corrected chi connectivity index (χ0v) is 12.9. The molecular formula is C15H28N2O3. The van der Waals surface area contributed by atoms with Gasteiger partial charge in [-0.2, -0.15) is 0 Å². The molecule has 20 heavy (non-hydrogen) atoms. The molecule has 116 valence electrons. The molecule has 5 nitrogen and oxygen atoms in total. The third-order valence-electron chi connectivity index (χ3n) is 4.06. The number of urea groups is 1. The SMILES string of the molecule is CC(C)CCN(C)C(=O)NC1(CC(=O)O)CCCCC1. The molecular weight excluding hydrogens is 256 g/mol. The maximum absolute atomic E-state index is 12.2. The van der Waals surface area contributed by atoms with Crippen LogP contribution in [0.1, 0.15) is 58.8 Å². The summed E-state index contributed by atoms with van der Waals surface area (Å²) < 4.78 is 0. The van der Waals surface area contributed by atoms with Gasteiger partial charge in [-0.05, 0) is 25.2 Å². The van der Waals surface area contributed by atoms with Gasteiger partial charge in [-0.3, -0.25) is 4.79 Å². The van der Waals surface area contributed by atoms with Crippen molar-refractivity contribution in [1.82, 2.24) is 10.2 Å².